The smallest absolute Gasteiger partial charge is 0.0850 e. The molecule has 1 fully saturated rings. The second-order valence-corrected chi connectivity index (χ2v) is 6.82. The first kappa shape index (κ1) is 14.9. The number of aliphatic hydroxyl groups is 1. The lowest BCUT2D eigenvalue weighted by atomic mass is 9.77. The molecule has 1 heterocycles. The highest BCUT2D eigenvalue weighted by atomic mass is 35.5. The first-order chi connectivity index (χ1) is 8.86. The third-order valence-corrected chi connectivity index (χ3v) is 5.15. The van der Waals surface area contributed by atoms with Crippen LogP contribution < -0.4 is 0 Å². The summed E-state index contributed by atoms with van der Waals surface area (Å²) in [5.41, 5.74) is 2.13. The molecule has 0 aromatic carbocycles. The third kappa shape index (κ3) is 2.82. The van der Waals surface area contributed by atoms with E-state index < -0.39 is 0 Å². The summed E-state index contributed by atoms with van der Waals surface area (Å²) in [5.74, 6) is 0.364. The van der Waals surface area contributed by atoms with Gasteiger partial charge in [0.25, 0.3) is 0 Å². The second-order valence-electron chi connectivity index (χ2n) is 6.44. The Morgan fingerprint density at radius 2 is 2.21 bits per heavy atom. The van der Waals surface area contributed by atoms with Gasteiger partial charge < -0.3 is 5.11 Å². The molecule has 0 saturated heterocycles. The average Bonchev–Trinajstić information content (AvgIpc) is 2.82. The van der Waals surface area contributed by atoms with Gasteiger partial charge in [-0.15, -0.1) is 0 Å². The molecule has 1 aliphatic carbocycles. The normalized spacial score (nSPS) is 23.8. The van der Waals surface area contributed by atoms with Gasteiger partial charge in [0.05, 0.1) is 22.5 Å². The molecule has 2 atom stereocenters. The quantitative estimate of drug-likeness (QED) is 0.921. The molecule has 1 saturated carbocycles. The summed E-state index contributed by atoms with van der Waals surface area (Å²) < 4.78 is 1.83. The van der Waals surface area contributed by atoms with Gasteiger partial charge in [0.15, 0.2) is 0 Å². The first-order valence-electron chi connectivity index (χ1n) is 7.25. The zero-order chi connectivity index (χ0) is 14.2. The van der Waals surface area contributed by atoms with Crippen LogP contribution in [-0.4, -0.2) is 21.0 Å². The summed E-state index contributed by atoms with van der Waals surface area (Å²) in [6.07, 6.45) is 4.65. The van der Waals surface area contributed by atoms with Crippen LogP contribution in [0.15, 0.2) is 0 Å². The Hall–Kier alpha value is -0.540. The number of aryl methyl sites for hydroxylation is 2. The van der Waals surface area contributed by atoms with Crippen molar-refractivity contribution in [2.24, 2.45) is 18.4 Å². The maximum atomic E-state index is 10.6. The van der Waals surface area contributed by atoms with Crippen LogP contribution in [0.5, 0.6) is 0 Å². The Morgan fingerprint density at radius 3 is 2.68 bits per heavy atom. The van der Waals surface area contributed by atoms with Crippen molar-refractivity contribution in [1.82, 2.24) is 9.78 Å². The Kier molecular flexibility index (Phi) is 4.26. The number of aliphatic hydroxyl groups excluding tert-OH is 1. The topological polar surface area (TPSA) is 38.0 Å². The minimum atomic E-state index is -0.324. The second kappa shape index (κ2) is 5.45. The number of halogens is 1. The molecule has 0 spiro atoms. The highest BCUT2D eigenvalue weighted by Crippen LogP contribution is 2.45. The van der Waals surface area contributed by atoms with Crippen LogP contribution in [0.1, 0.15) is 51.4 Å². The van der Waals surface area contributed by atoms with Gasteiger partial charge in [-0.3, -0.25) is 4.68 Å². The molecular weight excluding hydrogens is 260 g/mol. The predicted molar refractivity (Wildman–Crippen MR) is 78.4 cm³/mol. The van der Waals surface area contributed by atoms with E-state index in [1.54, 1.807) is 0 Å². The number of nitrogens with zero attached hydrogens (tertiary/aromatic N) is 2. The van der Waals surface area contributed by atoms with Crippen molar-refractivity contribution >= 4 is 11.6 Å². The maximum absolute atomic E-state index is 10.6. The molecule has 2 unspecified atom stereocenters. The van der Waals surface area contributed by atoms with E-state index >= 15 is 0 Å². The monoisotopic (exact) mass is 284 g/mol. The van der Waals surface area contributed by atoms with Crippen LogP contribution in [0.3, 0.4) is 0 Å². The van der Waals surface area contributed by atoms with E-state index in [1.807, 2.05) is 11.7 Å². The lowest BCUT2D eigenvalue weighted by Gasteiger charge is -2.31. The Balaban J connectivity index is 2.15. The molecule has 0 radical (unpaired) electrons. The standard InChI is InChI=1S/C15H25ClN2O/c1-5-11-14(16)12(18(4)17-11)9-13(19)10-7-6-8-15(10,2)3/h10,13,19H,5-9H2,1-4H3. The van der Waals surface area contributed by atoms with E-state index in [-0.39, 0.29) is 11.5 Å². The summed E-state index contributed by atoms with van der Waals surface area (Å²) in [5, 5.41) is 15.7. The Morgan fingerprint density at radius 1 is 1.53 bits per heavy atom. The maximum Gasteiger partial charge on any atom is 0.0850 e. The van der Waals surface area contributed by atoms with Crippen molar-refractivity contribution in [1.29, 1.82) is 0 Å². The van der Waals surface area contributed by atoms with Crippen LogP contribution in [0, 0.1) is 11.3 Å². The molecule has 3 nitrogen and oxygen atoms in total. The van der Waals surface area contributed by atoms with E-state index in [4.69, 9.17) is 11.6 Å². The third-order valence-electron chi connectivity index (χ3n) is 4.71. The zero-order valence-electron chi connectivity index (χ0n) is 12.4. The molecular formula is C15H25ClN2O. The fraction of sp³-hybridized carbons (Fsp3) is 0.800. The van der Waals surface area contributed by atoms with Crippen LogP contribution in [0.4, 0.5) is 0 Å². The molecule has 108 valence electrons. The molecule has 2 rings (SSSR count). The van der Waals surface area contributed by atoms with Gasteiger partial charge in [0, 0.05) is 13.5 Å². The number of rotatable bonds is 4. The van der Waals surface area contributed by atoms with Gasteiger partial charge in [-0.2, -0.15) is 5.10 Å². The van der Waals surface area contributed by atoms with Crippen LogP contribution in [0.2, 0.25) is 5.02 Å². The van der Waals surface area contributed by atoms with E-state index in [0.717, 1.165) is 29.3 Å². The zero-order valence-corrected chi connectivity index (χ0v) is 13.2. The minimum absolute atomic E-state index is 0.234. The van der Waals surface area contributed by atoms with Crippen molar-refractivity contribution < 1.29 is 5.11 Å². The summed E-state index contributed by atoms with van der Waals surface area (Å²) in [6, 6.07) is 0. The van der Waals surface area contributed by atoms with Crippen LogP contribution in [0.25, 0.3) is 0 Å². The lowest BCUT2D eigenvalue weighted by Crippen LogP contribution is -2.31. The van der Waals surface area contributed by atoms with Gasteiger partial charge in [0.1, 0.15) is 0 Å². The molecule has 4 heteroatoms. The average molecular weight is 285 g/mol. The van der Waals surface area contributed by atoms with E-state index in [9.17, 15) is 5.11 Å². The van der Waals surface area contributed by atoms with Gasteiger partial charge in [-0.05, 0) is 30.6 Å². The van der Waals surface area contributed by atoms with Crippen LogP contribution >= 0.6 is 11.6 Å². The molecule has 1 N–H and O–H groups in total. The molecule has 1 aliphatic rings. The predicted octanol–water partition coefficient (Wildman–Crippen LogP) is 3.37. The van der Waals surface area contributed by atoms with Crippen molar-refractivity contribution in [2.75, 3.05) is 0 Å². The van der Waals surface area contributed by atoms with Gasteiger partial charge in [-0.25, -0.2) is 0 Å². The lowest BCUT2D eigenvalue weighted by molar-refractivity contribution is 0.0529. The Bertz CT molecular complexity index is 453. The minimum Gasteiger partial charge on any atom is -0.392 e. The van der Waals surface area contributed by atoms with Crippen molar-refractivity contribution in [3.8, 4) is 0 Å². The highest BCUT2D eigenvalue weighted by Gasteiger charge is 2.39. The van der Waals surface area contributed by atoms with Gasteiger partial charge >= 0.3 is 0 Å². The fourth-order valence-electron chi connectivity index (χ4n) is 3.45. The molecule has 1 aromatic heterocycles. The molecule has 0 amide bonds. The summed E-state index contributed by atoms with van der Waals surface area (Å²) >= 11 is 6.36. The van der Waals surface area contributed by atoms with Crippen molar-refractivity contribution in [3.63, 3.8) is 0 Å². The SMILES string of the molecule is CCc1nn(C)c(CC(O)C2CCCC2(C)C)c1Cl. The van der Waals surface area contributed by atoms with Gasteiger partial charge in [-0.1, -0.05) is 38.8 Å². The summed E-state index contributed by atoms with van der Waals surface area (Å²) in [6.45, 7) is 6.57. The summed E-state index contributed by atoms with van der Waals surface area (Å²) in [7, 11) is 1.91. The molecule has 19 heavy (non-hydrogen) atoms. The fourth-order valence-corrected chi connectivity index (χ4v) is 3.82. The van der Waals surface area contributed by atoms with E-state index in [2.05, 4.69) is 25.9 Å². The van der Waals surface area contributed by atoms with Crippen molar-refractivity contribution in [2.45, 2.75) is 59.0 Å². The molecule has 1 aromatic rings. The van der Waals surface area contributed by atoms with Crippen LogP contribution in [-0.2, 0) is 19.9 Å². The van der Waals surface area contributed by atoms with E-state index in [0.29, 0.717) is 12.3 Å². The highest BCUT2D eigenvalue weighted by molar-refractivity contribution is 6.31. The summed E-state index contributed by atoms with van der Waals surface area (Å²) in [4.78, 5) is 0. The van der Waals surface area contributed by atoms with Gasteiger partial charge in [0.2, 0.25) is 0 Å². The molecule has 0 bridgehead atoms. The first-order valence-corrected chi connectivity index (χ1v) is 7.63. The largest absolute Gasteiger partial charge is 0.392 e. The number of hydrogen-bond donors (Lipinski definition) is 1. The number of hydrogen-bond acceptors (Lipinski definition) is 2. The molecule has 0 aliphatic heterocycles. The number of aromatic nitrogens is 2. The van der Waals surface area contributed by atoms with Crippen molar-refractivity contribution in [3.05, 3.63) is 16.4 Å². The van der Waals surface area contributed by atoms with E-state index in [1.165, 1.54) is 12.8 Å². The Labute approximate surface area is 121 Å².